The molecular formula is C14H16N2. The third-order valence-corrected chi connectivity index (χ3v) is 3.42. The molecule has 16 heavy (non-hydrogen) atoms. The molecule has 0 saturated carbocycles. The van der Waals surface area contributed by atoms with Crippen LogP contribution < -0.4 is 5.73 Å². The van der Waals surface area contributed by atoms with E-state index in [1.807, 2.05) is 12.1 Å². The Bertz CT molecular complexity index is 576. The number of anilines is 1. The summed E-state index contributed by atoms with van der Waals surface area (Å²) < 4.78 is 2.39. The van der Waals surface area contributed by atoms with Gasteiger partial charge in [-0.05, 0) is 31.9 Å². The molecule has 0 bridgehead atoms. The van der Waals surface area contributed by atoms with Crippen molar-refractivity contribution in [2.45, 2.75) is 26.3 Å². The second kappa shape index (κ2) is 3.41. The molecule has 0 atom stereocenters. The fourth-order valence-corrected chi connectivity index (χ4v) is 2.74. The molecule has 2 N–H and O–H groups in total. The Hall–Kier alpha value is -1.70. The van der Waals surface area contributed by atoms with E-state index < -0.39 is 0 Å². The van der Waals surface area contributed by atoms with Gasteiger partial charge in [-0.2, -0.15) is 0 Å². The van der Waals surface area contributed by atoms with Crippen molar-refractivity contribution in [3.8, 4) is 0 Å². The third-order valence-electron chi connectivity index (χ3n) is 3.42. The Morgan fingerprint density at radius 3 is 3.06 bits per heavy atom. The van der Waals surface area contributed by atoms with Gasteiger partial charge in [0.1, 0.15) is 0 Å². The van der Waals surface area contributed by atoms with Crippen molar-refractivity contribution in [1.29, 1.82) is 0 Å². The Morgan fingerprint density at radius 2 is 2.25 bits per heavy atom. The van der Waals surface area contributed by atoms with E-state index >= 15 is 0 Å². The van der Waals surface area contributed by atoms with Crippen molar-refractivity contribution in [3.05, 3.63) is 35.5 Å². The van der Waals surface area contributed by atoms with Gasteiger partial charge < -0.3 is 10.3 Å². The van der Waals surface area contributed by atoms with Crippen LogP contribution in [0.5, 0.6) is 0 Å². The first-order valence-corrected chi connectivity index (χ1v) is 5.89. The van der Waals surface area contributed by atoms with E-state index in [-0.39, 0.29) is 0 Å². The zero-order valence-electron chi connectivity index (χ0n) is 9.53. The lowest BCUT2D eigenvalue weighted by atomic mass is 10.0. The van der Waals surface area contributed by atoms with Gasteiger partial charge in [0, 0.05) is 28.9 Å². The zero-order chi connectivity index (χ0) is 11.1. The predicted molar refractivity (Wildman–Crippen MR) is 69.4 cm³/mol. The van der Waals surface area contributed by atoms with Crippen molar-refractivity contribution in [1.82, 2.24) is 4.57 Å². The first-order valence-electron chi connectivity index (χ1n) is 5.89. The smallest absolute Gasteiger partial charge is 0.0509 e. The highest BCUT2D eigenvalue weighted by Gasteiger charge is 2.17. The lowest BCUT2D eigenvalue weighted by molar-refractivity contribution is 0.729. The summed E-state index contributed by atoms with van der Waals surface area (Å²) >= 11 is 0. The number of nitrogens with two attached hydrogens (primary N) is 1. The van der Waals surface area contributed by atoms with Gasteiger partial charge in [-0.1, -0.05) is 18.2 Å². The van der Waals surface area contributed by atoms with Gasteiger partial charge in [-0.3, -0.25) is 0 Å². The lowest BCUT2D eigenvalue weighted by Crippen LogP contribution is -2.02. The highest BCUT2D eigenvalue weighted by atomic mass is 15.0. The molecule has 2 heteroatoms. The average Bonchev–Trinajstić information content (AvgIpc) is 2.64. The summed E-state index contributed by atoms with van der Waals surface area (Å²) in [6.07, 6.45) is 6.74. The van der Waals surface area contributed by atoms with Crippen LogP contribution >= 0.6 is 0 Å². The van der Waals surface area contributed by atoms with Gasteiger partial charge in [0.15, 0.2) is 0 Å². The number of hydrogen-bond donors (Lipinski definition) is 1. The van der Waals surface area contributed by atoms with Crippen LogP contribution in [0.15, 0.2) is 24.3 Å². The zero-order valence-corrected chi connectivity index (χ0v) is 9.53. The molecule has 0 radical (unpaired) electrons. The van der Waals surface area contributed by atoms with Gasteiger partial charge >= 0.3 is 0 Å². The molecule has 82 valence electrons. The maximum Gasteiger partial charge on any atom is 0.0509 e. The number of aromatic nitrogens is 1. The molecule has 0 aliphatic heterocycles. The Labute approximate surface area is 95.4 Å². The van der Waals surface area contributed by atoms with Crippen molar-refractivity contribution >= 4 is 22.7 Å². The third kappa shape index (κ3) is 1.13. The fourth-order valence-electron chi connectivity index (χ4n) is 2.74. The Morgan fingerprint density at radius 1 is 1.38 bits per heavy atom. The highest BCUT2D eigenvalue weighted by Crippen LogP contribution is 2.34. The maximum absolute atomic E-state index is 6.10. The van der Waals surface area contributed by atoms with E-state index in [9.17, 15) is 0 Å². The fraction of sp³-hybridized carbons (Fsp3) is 0.286. The summed E-state index contributed by atoms with van der Waals surface area (Å²) in [5.74, 6) is 0. The minimum absolute atomic E-state index is 0.896. The van der Waals surface area contributed by atoms with E-state index in [1.165, 1.54) is 22.2 Å². The predicted octanol–water partition coefficient (Wildman–Crippen LogP) is 3.20. The lowest BCUT2D eigenvalue weighted by Gasteiger charge is -2.10. The first-order chi connectivity index (χ1) is 7.83. The maximum atomic E-state index is 6.10. The quantitative estimate of drug-likeness (QED) is 0.723. The summed E-state index contributed by atoms with van der Waals surface area (Å²) in [5.41, 5.74) is 11.1. The average molecular weight is 212 g/mol. The number of allylic oxidation sites excluding steroid dienone is 1. The molecule has 0 saturated heterocycles. The molecule has 0 amide bonds. The van der Waals surface area contributed by atoms with Crippen molar-refractivity contribution < 1.29 is 0 Å². The number of benzene rings is 1. The topological polar surface area (TPSA) is 30.9 Å². The highest BCUT2D eigenvalue weighted by molar-refractivity contribution is 6.00. The van der Waals surface area contributed by atoms with Crippen LogP contribution in [0.4, 0.5) is 5.69 Å². The molecule has 2 nitrogen and oxygen atoms in total. The van der Waals surface area contributed by atoms with Crippen LogP contribution in [0, 0.1) is 0 Å². The van der Waals surface area contributed by atoms with Gasteiger partial charge in [0.25, 0.3) is 0 Å². The normalized spacial score (nSPS) is 14.3. The largest absolute Gasteiger partial charge is 0.398 e. The molecule has 2 aromatic rings. The van der Waals surface area contributed by atoms with Crippen LogP contribution in [-0.4, -0.2) is 4.57 Å². The summed E-state index contributed by atoms with van der Waals surface area (Å²) in [6.45, 7) is 3.21. The van der Waals surface area contributed by atoms with Crippen LogP contribution in [0.25, 0.3) is 17.0 Å². The van der Waals surface area contributed by atoms with E-state index in [0.29, 0.717) is 0 Å². The summed E-state index contributed by atoms with van der Waals surface area (Å²) in [7, 11) is 0. The van der Waals surface area contributed by atoms with Crippen molar-refractivity contribution in [3.63, 3.8) is 0 Å². The SMILES string of the molecule is CCn1c2c(c3c(N)cccc31)C=CCC2. The van der Waals surface area contributed by atoms with Crippen molar-refractivity contribution in [2.24, 2.45) is 0 Å². The first kappa shape index (κ1) is 9.52. The number of nitrogens with zero attached hydrogens (tertiary/aromatic N) is 1. The minimum atomic E-state index is 0.896. The molecule has 1 aliphatic rings. The van der Waals surface area contributed by atoms with Crippen LogP contribution in [0.1, 0.15) is 24.6 Å². The molecule has 0 spiro atoms. The van der Waals surface area contributed by atoms with E-state index in [2.05, 4.69) is 29.7 Å². The van der Waals surface area contributed by atoms with Gasteiger partial charge in [0.2, 0.25) is 0 Å². The molecule has 1 aliphatic carbocycles. The number of fused-ring (bicyclic) bond motifs is 3. The molecular weight excluding hydrogens is 196 g/mol. The van der Waals surface area contributed by atoms with Crippen molar-refractivity contribution in [2.75, 3.05) is 5.73 Å². The van der Waals surface area contributed by atoms with Gasteiger partial charge in [-0.25, -0.2) is 0 Å². The second-order valence-electron chi connectivity index (χ2n) is 4.29. The second-order valence-corrected chi connectivity index (χ2v) is 4.29. The molecule has 0 fully saturated rings. The number of nitrogen functional groups attached to an aromatic ring is 1. The summed E-state index contributed by atoms with van der Waals surface area (Å²) in [6, 6.07) is 6.20. The van der Waals surface area contributed by atoms with Crippen LogP contribution in [0.2, 0.25) is 0 Å². The minimum Gasteiger partial charge on any atom is -0.398 e. The number of hydrogen-bond acceptors (Lipinski definition) is 1. The van der Waals surface area contributed by atoms with Crippen LogP contribution in [-0.2, 0) is 13.0 Å². The summed E-state index contributed by atoms with van der Waals surface area (Å²) in [5, 5.41) is 1.23. The van der Waals surface area contributed by atoms with Gasteiger partial charge in [0.05, 0.1) is 5.52 Å². The molecule has 3 rings (SSSR count). The molecule has 0 unspecified atom stereocenters. The van der Waals surface area contributed by atoms with E-state index in [4.69, 9.17) is 5.73 Å². The number of aryl methyl sites for hydroxylation is 1. The Kier molecular flexibility index (Phi) is 2.03. The summed E-state index contributed by atoms with van der Waals surface area (Å²) in [4.78, 5) is 0. The van der Waals surface area contributed by atoms with Crippen LogP contribution in [0.3, 0.4) is 0 Å². The molecule has 1 aromatic carbocycles. The monoisotopic (exact) mass is 212 g/mol. The molecule has 1 aromatic heterocycles. The Balaban J connectivity index is 2.48. The van der Waals surface area contributed by atoms with Gasteiger partial charge in [-0.15, -0.1) is 0 Å². The standard InChI is InChI=1S/C14H16N2/c1-2-16-12-8-4-3-6-10(12)14-11(15)7-5-9-13(14)16/h3,5-7,9H,2,4,8,15H2,1H3. The molecule has 1 heterocycles. The van der Waals surface area contributed by atoms with E-state index in [1.54, 1.807) is 0 Å². The number of rotatable bonds is 1. The van der Waals surface area contributed by atoms with E-state index in [0.717, 1.165) is 25.1 Å².